The normalized spacial score (nSPS) is 12.9. The van der Waals surface area contributed by atoms with Crippen molar-refractivity contribution >= 4 is 44.7 Å². The van der Waals surface area contributed by atoms with Crippen LogP contribution < -0.4 is 10.5 Å². The summed E-state index contributed by atoms with van der Waals surface area (Å²) in [5.41, 5.74) is 1.96. The van der Waals surface area contributed by atoms with Gasteiger partial charge in [-0.1, -0.05) is 29.2 Å². The lowest BCUT2D eigenvalue weighted by Gasteiger charge is -2.10. The highest BCUT2D eigenvalue weighted by Crippen LogP contribution is 2.25. The third-order valence-corrected chi connectivity index (χ3v) is 5.24. The van der Waals surface area contributed by atoms with Gasteiger partial charge >= 0.3 is 0 Å². The summed E-state index contributed by atoms with van der Waals surface area (Å²) in [6.07, 6.45) is 0. The van der Waals surface area contributed by atoms with Gasteiger partial charge in [-0.3, -0.25) is 4.79 Å². The van der Waals surface area contributed by atoms with E-state index < -0.39 is 15.3 Å². The lowest BCUT2D eigenvalue weighted by molar-refractivity contribution is -0.115. The Bertz CT molecular complexity index is 731. The molecule has 0 saturated heterocycles. The summed E-state index contributed by atoms with van der Waals surface area (Å²) in [7, 11) is -3.80. The predicted octanol–water partition coefficient (Wildman–Crippen LogP) is 1.30. The standard InChI is InChI=1S/C11H12N4O3S3/c1-7(20-11-15-13-6-19-11)10(16)14-8-3-2-4-9(5-8)21(12,17)18/h2-7H,1H3,(H,14,16)(H2,12,17,18)/t7-/m1/s1. The number of benzene rings is 1. The first-order chi connectivity index (χ1) is 9.86. The molecule has 7 nitrogen and oxygen atoms in total. The van der Waals surface area contributed by atoms with Gasteiger partial charge in [-0.25, -0.2) is 13.6 Å². The Balaban J connectivity index is 2.05. The van der Waals surface area contributed by atoms with E-state index in [4.69, 9.17) is 5.14 Å². The fourth-order valence-corrected chi connectivity index (χ4v) is 3.60. The van der Waals surface area contributed by atoms with E-state index in [1.165, 1.54) is 41.3 Å². The molecule has 0 aliphatic rings. The van der Waals surface area contributed by atoms with Crippen LogP contribution in [0.25, 0.3) is 0 Å². The van der Waals surface area contributed by atoms with Crippen LogP contribution >= 0.6 is 23.1 Å². The fourth-order valence-electron chi connectivity index (χ4n) is 1.41. The maximum absolute atomic E-state index is 12.0. The number of nitrogens with one attached hydrogen (secondary N) is 1. The molecule has 0 fully saturated rings. The van der Waals surface area contributed by atoms with Crippen molar-refractivity contribution in [3.8, 4) is 0 Å². The highest BCUT2D eigenvalue weighted by atomic mass is 32.2. The van der Waals surface area contributed by atoms with Crippen LogP contribution in [0.15, 0.2) is 39.0 Å². The average Bonchev–Trinajstić information content (AvgIpc) is 2.91. The van der Waals surface area contributed by atoms with E-state index >= 15 is 0 Å². The number of rotatable bonds is 5. The number of primary sulfonamides is 1. The summed E-state index contributed by atoms with van der Waals surface area (Å²) in [6, 6.07) is 5.78. The molecule has 2 aromatic rings. The van der Waals surface area contributed by atoms with E-state index in [1.807, 2.05) is 0 Å². The zero-order valence-electron chi connectivity index (χ0n) is 10.9. The predicted molar refractivity (Wildman–Crippen MR) is 81.7 cm³/mol. The Kier molecular flexibility index (Phi) is 4.93. The molecule has 10 heteroatoms. The molecular weight excluding hydrogens is 332 g/mol. The van der Waals surface area contributed by atoms with Gasteiger partial charge in [0, 0.05) is 5.69 Å². The first-order valence-corrected chi connectivity index (χ1v) is 9.03. The Hall–Kier alpha value is -1.49. The number of thioether (sulfide) groups is 1. The summed E-state index contributed by atoms with van der Waals surface area (Å²) < 4.78 is 23.2. The number of carbonyl (C=O) groups excluding carboxylic acids is 1. The van der Waals surface area contributed by atoms with E-state index in [0.29, 0.717) is 10.0 Å². The van der Waals surface area contributed by atoms with Gasteiger partial charge in [-0.2, -0.15) is 0 Å². The molecule has 2 rings (SSSR count). The van der Waals surface area contributed by atoms with Crippen LogP contribution in [-0.2, 0) is 14.8 Å². The monoisotopic (exact) mass is 344 g/mol. The first kappa shape index (κ1) is 15.9. The zero-order valence-corrected chi connectivity index (χ0v) is 13.3. The number of sulfonamides is 1. The smallest absolute Gasteiger partial charge is 0.238 e. The molecule has 0 aliphatic carbocycles. The molecule has 1 amide bonds. The quantitative estimate of drug-likeness (QED) is 0.790. The molecule has 0 bridgehead atoms. The molecule has 0 spiro atoms. The zero-order chi connectivity index (χ0) is 15.5. The van der Waals surface area contributed by atoms with Crippen molar-refractivity contribution in [2.45, 2.75) is 21.4 Å². The van der Waals surface area contributed by atoms with Crippen molar-refractivity contribution in [3.63, 3.8) is 0 Å². The molecule has 0 aliphatic heterocycles. The largest absolute Gasteiger partial charge is 0.325 e. The van der Waals surface area contributed by atoms with Crippen molar-refractivity contribution < 1.29 is 13.2 Å². The van der Waals surface area contributed by atoms with Crippen LogP contribution in [0, 0.1) is 0 Å². The van der Waals surface area contributed by atoms with Gasteiger partial charge in [0.15, 0.2) is 4.34 Å². The van der Waals surface area contributed by atoms with Gasteiger partial charge in [0.05, 0.1) is 10.1 Å². The van der Waals surface area contributed by atoms with E-state index in [9.17, 15) is 13.2 Å². The Labute approximate surface area is 130 Å². The fraction of sp³-hybridized carbons (Fsp3) is 0.182. The van der Waals surface area contributed by atoms with Crippen LogP contribution in [0.4, 0.5) is 5.69 Å². The molecule has 1 atom stereocenters. The van der Waals surface area contributed by atoms with Gasteiger partial charge in [-0.05, 0) is 25.1 Å². The second-order valence-electron chi connectivity index (χ2n) is 4.03. The molecule has 3 N–H and O–H groups in total. The molecule has 112 valence electrons. The highest BCUT2D eigenvalue weighted by molar-refractivity contribution is 8.02. The second-order valence-corrected chi connectivity index (χ2v) is 8.01. The number of nitrogens with zero attached hydrogens (tertiary/aromatic N) is 2. The molecule has 0 unspecified atom stereocenters. The van der Waals surface area contributed by atoms with Crippen molar-refractivity contribution in [2.24, 2.45) is 5.14 Å². The summed E-state index contributed by atoms with van der Waals surface area (Å²) >= 11 is 2.62. The number of anilines is 1. The molecule has 1 heterocycles. The molecule has 0 saturated carbocycles. The SMILES string of the molecule is C[C@@H](Sc1nncs1)C(=O)Nc1cccc(S(N)(=O)=O)c1. The number of hydrogen-bond acceptors (Lipinski definition) is 7. The Morgan fingerprint density at radius 1 is 1.48 bits per heavy atom. The molecule has 0 radical (unpaired) electrons. The third kappa shape index (κ3) is 4.49. The van der Waals surface area contributed by atoms with Crippen molar-refractivity contribution in [2.75, 3.05) is 5.32 Å². The van der Waals surface area contributed by atoms with Crippen LogP contribution in [0.5, 0.6) is 0 Å². The van der Waals surface area contributed by atoms with Gasteiger partial charge in [-0.15, -0.1) is 10.2 Å². The molecular formula is C11H12N4O3S3. The Morgan fingerprint density at radius 3 is 2.86 bits per heavy atom. The number of nitrogens with two attached hydrogens (primary N) is 1. The summed E-state index contributed by atoms with van der Waals surface area (Å²) in [6.45, 7) is 1.73. The summed E-state index contributed by atoms with van der Waals surface area (Å²) in [5, 5.41) is 14.8. The maximum Gasteiger partial charge on any atom is 0.238 e. The molecule has 1 aromatic heterocycles. The van der Waals surface area contributed by atoms with Crippen LogP contribution in [0.2, 0.25) is 0 Å². The van der Waals surface area contributed by atoms with Crippen LogP contribution in [0.3, 0.4) is 0 Å². The Morgan fingerprint density at radius 2 is 2.24 bits per heavy atom. The lowest BCUT2D eigenvalue weighted by Crippen LogP contribution is -2.22. The third-order valence-electron chi connectivity index (χ3n) is 2.42. The van der Waals surface area contributed by atoms with Crippen LogP contribution in [-0.4, -0.2) is 29.8 Å². The molecule has 21 heavy (non-hydrogen) atoms. The van der Waals surface area contributed by atoms with E-state index in [-0.39, 0.29) is 10.8 Å². The van der Waals surface area contributed by atoms with E-state index in [0.717, 1.165) is 0 Å². The van der Waals surface area contributed by atoms with Gasteiger partial charge < -0.3 is 5.32 Å². The number of amides is 1. The maximum atomic E-state index is 12.0. The molecule has 1 aromatic carbocycles. The first-order valence-electron chi connectivity index (χ1n) is 5.73. The van der Waals surface area contributed by atoms with Gasteiger partial charge in [0.1, 0.15) is 5.51 Å². The second kappa shape index (κ2) is 6.52. The van der Waals surface area contributed by atoms with E-state index in [2.05, 4.69) is 15.5 Å². The van der Waals surface area contributed by atoms with Gasteiger partial charge in [0.2, 0.25) is 15.9 Å². The van der Waals surface area contributed by atoms with Crippen molar-refractivity contribution in [1.29, 1.82) is 0 Å². The number of aromatic nitrogens is 2. The topological polar surface area (TPSA) is 115 Å². The van der Waals surface area contributed by atoms with E-state index in [1.54, 1.807) is 18.5 Å². The highest BCUT2D eigenvalue weighted by Gasteiger charge is 2.17. The minimum atomic E-state index is -3.80. The lowest BCUT2D eigenvalue weighted by atomic mass is 10.3. The number of hydrogen-bond donors (Lipinski definition) is 2. The average molecular weight is 344 g/mol. The van der Waals surface area contributed by atoms with Crippen molar-refractivity contribution in [3.05, 3.63) is 29.8 Å². The minimum absolute atomic E-state index is 0.0512. The van der Waals surface area contributed by atoms with Crippen LogP contribution in [0.1, 0.15) is 6.92 Å². The number of carbonyl (C=O) groups is 1. The van der Waals surface area contributed by atoms with Crippen molar-refractivity contribution in [1.82, 2.24) is 10.2 Å². The summed E-state index contributed by atoms with van der Waals surface area (Å²) in [5.74, 6) is -0.262. The minimum Gasteiger partial charge on any atom is -0.325 e. The van der Waals surface area contributed by atoms with Gasteiger partial charge in [0.25, 0.3) is 0 Å². The summed E-state index contributed by atoms with van der Waals surface area (Å²) in [4.78, 5) is 12.0.